The van der Waals surface area contributed by atoms with Crippen LogP contribution in [-0.4, -0.2) is 75.7 Å². The minimum Gasteiger partial charge on any atom is -0.392 e. The molecule has 1 aromatic carbocycles. The van der Waals surface area contributed by atoms with Crippen molar-refractivity contribution >= 4 is 45.9 Å². The number of benzene rings is 1. The predicted molar refractivity (Wildman–Crippen MR) is 146 cm³/mol. The van der Waals surface area contributed by atoms with E-state index in [-0.39, 0.29) is 23.5 Å². The van der Waals surface area contributed by atoms with Gasteiger partial charge in [-0.3, -0.25) is 9.78 Å². The molecule has 0 aliphatic carbocycles. The molecule has 0 bridgehead atoms. The number of hydrogen-bond donors (Lipinski definition) is 4. The smallest absolute Gasteiger partial charge is 0.255 e. The van der Waals surface area contributed by atoms with E-state index in [2.05, 4.69) is 35.9 Å². The summed E-state index contributed by atoms with van der Waals surface area (Å²) < 4.78 is 14.8. The van der Waals surface area contributed by atoms with Crippen LogP contribution in [0.1, 0.15) is 17.3 Å². The first-order valence-electron chi connectivity index (χ1n) is 11.9. The number of likely N-dealkylation sites (N-methyl/N-ethyl adjacent to an activating group) is 1. The second kappa shape index (κ2) is 12.1. The summed E-state index contributed by atoms with van der Waals surface area (Å²) in [5.41, 5.74) is 1.08. The molecule has 12 heteroatoms. The number of aliphatic hydroxyl groups is 1. The molecular formula is C26H28ClFN8O2. The topological polar surface area (TPSA) is 128 Å². The number of nitrogens with zero attached hydrogens (tertiary/aromatic N) is 5. The second-order valence-corrected chi connectivity index (χ2v) is 9.36. The first-order valence-corrected chi connectivity index (χ1v) is 12.3. The molecule has 1 amide bonds. The highest BCUT2D eigenvalue weighted by atomic mass is 35.5. The van der Waals surface area contributed by atoms with Crippen molar-refractivity contribution in [1.82, 2.24) is 30.2 Å². The van der Waals surface area contributed by atoms with E-state index in [1.807, 2.05) is 19.0 Å². The van der Waals surface area contributed by atoms with Crippen molar-refractivity contribution in [1.29, 1.82) is 0 Å². The molecule has 0 fully saturated rings. The molecule has 0 spiro atoms. The van der Waals surface area contributed by atoms with E-state index in [1.54, 1.807) is 25.1 Å². The van der Waals surface area contributed by atoms with Crippen LogP contribution in [0.3, 0.4) is 0 Å². The average Bonchev–Trinajstić information content (AvgIpc) is 2.88. The molecule has 0 saturated carbocycles. The molecule has 10 nitrogen and oxygen atoms in total. The second-order valence-electron chi connectivity index (χ2n) is 8.92. The first-order chi connectivity index (χ1) is 18.2. The maximum Gasteiger partial charge on any atom is 0.255 e. The van der Waals surface area contributed by atoms with Crippen LogP contribution in [0.15, 0.2) is 48.8 Å². The zero-order valence-electron chi connectivity index (χ0n) is 21.2. The maximum absolute atomic E-state index is 14.8. The van der Waals surface area contributed by atoms with Crippen LogP contribution >= 0.6 is 11.6 Å². The molecule has 4 rings (SSSR count). The van der Waals surface area contributed by atoms with Crippen molar-refractivity contribution in [3.63, 3.8) is 0 Å². The standard InChI is InChI=1S/C26H28ClFN8O2/c1-15(37)13-31-26(38)19-14-29-9-8-21(19)32-23-17-5-7-22(30-10-11-36(2)3)33-24(17)35-25(34-23)18-12-16(27)4-6-20(18)28/h4-9,12,14-15,37H,10-11,13H2,1-3H3,(H,31,38)(H2,29,30,32,33,34,35). The van der Waals surface area contributed by atoms with Crippen molar-refractivity contribution in [3.8, 4) is 11.4 Å². The molecule has 4 N–H and O–H groups in total. The number of aliphatic hydroxyl groups excluding tert-OH is 1. The van der Waals surface area contributed by atoms with Gasteiger partial charge in [-0.1, -0.05) is 11.6 Å². The predicted octanol–water partition coefficient (Wildman–Crippen LogP) is 3.71. The normalized spacial score (nSPS) is 12.0. The number of rotatable bonds is 10. The number of carbonyl (C=O) groups excluding carboxylic acids is 1. The van der Waals surface area contributed by atoms with E-state index in [1.165, 1.54) is 30.6 Å². The van der Waals surface area contributed by atoms with Gasteiger partial charge in [-0.15, -0.1) is 0 Å². The summed E-state index contributed by atoms with van der Waals surface area (Å²) in [6.07, 6.45) is 2.23. The molecule has 4 aromatic rings. The third-order valence-corrected chi connectivity index (χ3v) is 5.71. The number of nitrogens with one attached hydrogen (secondary N) is 3. The lowest BCUT2D eigenvalue weighted by molar-refractivity contribution is 0.0924. The quantitative estimate of drug-likeness (QED) is 0.239. The molecule has 3 aromatic heterocycles. The lowest BCUT2D eigenvalue weighted by Crippen LogP contribution is -2.31. The molecule has 1 atom stereocenters. The molecular weight excluding hydrogens is 511 g/mol. The number of hydrogen-bond acceptors (Lipinski definition) is 9. The van der Waals surface area contributed by atoms with Gasteiger partial charge < -0.3 is 26.0 Å². The van der Waals surface area contributed by atoms with Gasteiger partial charge in [0.1, 0.15) is 17.5 Å². The molecule has 0 radical (unpaired) electrons. The number of halogens is 2. The number of amides is 1. The van der Waals surface area contributed by atoms with Crippen LogP contribution in [-0.2, 0) is 0 Å². The highest BCUT2D eigenvalue weighted by Crippen LogP contribution is 2.30. The van der Waals surface area contributed by atoms with E-state index in [4.69, 9.17) is 11.6 Å². The number of aromatic nitrogens is 4. The van der Waals surface area contributed by atoms with Crippen LogP contribution in [0.25, 0.3) is 22.4 Å². The van der Waals surface area contributed by atoms with Gasteiger partial charge in [-0.2, -0.15) is 0 Å². The van der Waals surface area contributed by atoms with Gasteiger partial charge in [-0.05, 0) is 57.4 Å². The van der Waals surface area contributed by atoms with Crippen molar-refractivity contribution in [2.45, 2.75) is 13.0 Å². The summed E-state index contributed by atoms with van der Waals surface area (Å²) >= 11 is 6.13. The summed E-state index contributed by atoms with van der Waals surface area (Å²) in [6.45, 7) is 3.12. The number of carbonyl (C=O) groups is 1. The number of anilines is 3. The lowest BCUT2D eigenvalue weighted by Gasteiger charge is -2.15. The molecule has 3 heterocycles. The molecule has 198 valence electrons. The van der Waals surface area contributed by atoms with Crippen LogP contribution in [0, 0.1) is 5.82 Å². The van der Waals surface area contributed by atoms with Gasteiger partial charge in [0.05, 0.1) is 28.3 Å². The maximum atomic E-state index is 14.8. The van der Waals surface area contributed by atoms with Crippen LogP contribution < -0.4 is 16.0 Å². The fraction of sp³-hybridized carbons (Fsp3) is 0.269. The number of fused-ring (bicyclic) bond motifs is 1. The Kier molecular flexibility index (Phi) is 8.62. The summed E-state index contributed by atoms with van der Waals surface area (Å²) in [4.78, 5) is 32.6. The Hall–Kier alpha value is -3.93. The zero-order valence-corrected chi connectivity index (χ0v) is 21.9. The van der Waals surface area contributed by atoms with Gasteiger partial charge in [0.25, 0.3) is 5.91 Å². The van der Waals surface area contributed by atoms with Crippen molar-refractivity contribution < 1.29 is 14.3 Å². The number of pyridine rings is 2. The minimum absolute atomic E-state index is 0.0760. The van der Waals surface area contributed by atoms with E-state index in [0.29, 0.717) is 39.9 Å². The summed E-state index contributed by atoms with van der Waals surface area (Å²) in [6, 6.07) is 9.36. The highest BCUT2D eigenvalue weighted by molar-refractivity contribution is 6.30. The van der Waals surface area contributed by atoms with Crippen LogP contribution in [0.5, 0.6) is 0 Å². The van der Waals surface area contributed by atoms with Gasteiger partial charge in [0.2, 0.25) is 0 Å². The lowest BCUT2D eigenvalue weighted by atomic mass is 10.1. The SMILES string of the molecule is CC(O)CNC(=O)c1cnccc1Nc1nc(-c2cc(Cl)ccc2F)nc2nc(NCCN(C)C)ccc12. The minimum atomic E-state index is -0.709. The Labute approximate surface area is 224 Å². The highest BCUT2D eigenvalue weighted by Gasteiger charge is 2.18. The van der Waals surface area contributed by atoms with E-state index < -0.39 is 17.8 Å². The first kappa shape index (κ1) is 27.1. The van der Waals surface area contributed by atoms with E-state index in [9.17, 15) is 14.3 Å². The van der Waals surface area contributed by atoms with Crippen molar-refractivity contribution in [3.05, 3.63) is 65.2 Å². The molecule has 0 aliphatic rings. The van der Waals surface area contributed by atoms with Gasteiger partial charge >= 0.3 is 0 Å². The molecule has 38 heavy (non-hydrogen) atoms. The fourth-order valence-corrected chi connectivity index (χ4v) is 3.72. The fourth-order valence-electron chi connectivity index (χ4n) is 3.55. The Morgan fingerprint density at radius 3 is 2.74 bits per heavy atom. The summed E-state index contributed by atoms with van der Waals surface area (Å²) in [7, 11) is 3.95. The zero-order chi connectivity index (χ0) is 27.2. The monoisotopic (exact) mass is 538 g/mol. The molecule has 1 unspecified atom stereocenters. The molecule has 0 aliphatic heterocycles. The third kappa shape index (κ3) is 6.68. The van der Waals surface area contributed by atoms with Gasteiger partial charge in [0.15, 0.2) is 11.5 Å². The van der Waals surface area contributed by atoms with Crippen molar-refractivity contribution in [2.24, 2.45) is 0 Å². The van der Waals surface area contributed by atoms with Crippen LogP contribution in [0.2, 0.25) is 5.02 Å². The van der Waals surface area contributed by atoms with Gasteiger partial charge in [0, 0.05) is 37.1 Å². The third-order valence-electron chi connectivity index (χ3n) is 5.47. The van der Waals surface area contributed by atoms with Gasteiger partial charge in [-0.25, -0.2) is 19.3 Å². The van der Waals surface area contributed by atoms with Crippen molar-refractivity contribution in [2.75, 3.05) is 44.4 Å². The van der Waals surface area contributed by atoms with Crippen LogP contribution in [0.4, 0.5) is 21.7 Å². The summed E-state index contributed by atoms with van der Waals surface area (Å²) in [5, 5.41) is 19.5. The molecule has 0 saturated heterocycles. The Balaban J connectivity index is 1.78. The Morgan fingerprint density at radius 2 is 1.97 bits per heavy atom. The average molecular weight is 539 g/mol. The summed E-state index contributed by atoms with van der Waals surface area (Å²) in [5.74, 6) is 0.0248. The van der Waals surface area contributed by atoms with E-state index >= 15 is 0 Å². The Bertz CT molecular complexity index is 1450. The van der Waals surface area contributed by atoms with E-state index in [0.717, 1.165) is 6.54 Å². The largest absolute Gasteiger partial charge is 0.392 e. The Morgan fingerprint density at radius 1 is 1.16 bits per heavy atom.